The summed E-state index contributed by atoms with van der Waals surface area (Å²) in [5.41, 5.74) is 3.00. The number of rotatable bonds is 8. The summed E-state index contributed by atoms with van der Waals surface area (Å²) in [5.74, 6) is 1.33. The Hall–Kier alpha value is -0.410. The molecule has 0 fully saturated rings. The number of nitrogens with zero attached hydrogens (tertiary/aromatic N) is 1. The molecule has 0 aliphatic heterocycles. The maximum Gasteiger partial charge on any atom is 0.179 e. The second kappa shape index (κ2) is 7.90. The van der Waals surface area contributed by atoms with E-state index in [2.05, 4.69) is 17.7 Å². The van der Waals surface area contributed by atoms with Gasteiger partial charge in [0.1, 0.15) is 0 Å². The molecule has 2 nitrogen and oxygen atoms in total. The lowest BCUT2D eigenvalue weighted by Gasteiger charge is -2.09. The molecule has 0 saturated heterocycles. The zero-order chi connectivity index (χ0) is 13.5. The van der Waals surface area contributed by atoms with Gasteiger partial charge in [0.15, 0.2) is 5.78 Å². The largest absolute Gasteiger partial charge is 0.348 e. The number of carbonyl (C=O) groups excluding carboxylic acids is 1. The Balaban J connectivity index is 2.60. The van der Waals surface area contributed by atoms with E-state index in [-0.39, 0.29) is 11.7 Å². The van der Waals surface area contributed by atoms with Crippen LogP contribution in [0.5, 0.6) is 0 Å². The molecule has 1 heterocycles. The number of thioether (sulfide) groups is 1. The van der Waals surface area contributed by atoms with Crippen LogP contribution < -0.4 is 0 Å². The Labute approximate surface area is 119 Å². The van der Waals surface area contributed by atoms with Crippen molar-refractivity contribution in [2.45, 2.75) is 39.7 Å². The number of aryl methyl sites for hydroxylation is 1. The van der Waals surface area contributed by atoms with Crippen molar-refractivity contribution < 1.29 is 4.79 Å². The fourth-order valence-corrected chi connectivity index (χ4v) is 2.83. The van der Waals surface area contributed by atoms with Crippen LogP contribution in [0.1, 0.15) is 41.0 Å². The normalized spacial score (nSPS) is 10.9. The average molecular weight is 288 g/mol. The predicted molar refractivity (Wildman–Crippen MR) is 81.2 cm³/mol. The summed E-state index contributed by atoms with van der Waals surface area (Å²) in [6, 6.07) is 1.96. The Bertz CT molecular complexity index is 401. The number of aromatic nitrogens is 1. The number of unbranched alkanes of at least 4 members (excludes halogenated alkanes) is 2. The number of carbonyl (C=O) groups is 1. The molecule has 1 rings (SSSR count). The third-order valence-electron chi connectivity index (χ3n) is 3.23. The summed E-state index contributed by atoms with van der Waals surface area (Å²) in [6.07, 6.45) is 5.83. The lowest BCUT2D eigenvalue weighted by atomic mass is 10.2. The summed E-state index contributed by atoms with van der Waals surface area (Å²) < 4.78 is 2.23. The van der Waals surface area contributed by atoms with Gasteiger partial charge in [-0.3, -0.25) is 4.79 Å². The third-order valence-corrected chi connectivity index (χ3v) is 4.17. The highest BCUT2D eigenvalue weighted by molar-refractivity contribution is 7.98. The van der Waals surface area contributed by atoms with Crippen molar-refractivity contribution in [2.75, 3.05) is 17.9 Å². The van der Waals surface area contributed by atoms with E-state index in [1.165, 1.54) is 25.0 Å². The van der Waals surface area contributed by atoms with Gasteiger partial charge in [0.05, 0.1) is 5.88 Å². The van der Waals surface area contributed by atoms with Crippen LogP contribution >= 0.6 is 23.4 Å². The summed E-state index contributed by atoms with van der Waals surface area (Å²) in [7, 11) is 0. The SMILES string of the molecule is CSCCCCCn1c(C)cc(C(=O)CCl)c1C. The van der Waals surface area contributed by atoms with Crippen molar-refractivity contribution >= 4 is 29.1 Å². The highest BCUT2D eigenvalue weighted by atomic mass is 35.5. The molecule has 0 aliphatic carbocycles. The predicted octanol–water partition coefficient (Wildman–Crippen LogP) is 4.06. The topological polar surface area (TPSA) is 22.0 Å². The van der Waals surface area contributed by atoms with E-state index in [4.69, 9.17) is 11.6 Å². The summed E-state index contributed by atoms with van der Waals surface area (Å²) in [4.78, 5) is 11.7. The maximum absolute atomic E-state index is 11.7. The molecule has 0 amide bonds. The standard InChI is InChI=1S/C14H22ClNOS/c1-11-9-13(14(17)10-15)12(2)16(11)7-5-4-6-8-18-3/h9H,4-8,10H2,1-3H3. The van der Waals surface area contributed by atoms with Crippen LogP contribution in [-0.2, 0) is 6.54 Å². The molecule has 102 valence electrons. The number of Topliss-reactive ketones (excluding diaryl/α,β-unsaturated/α-hetero) is 1. The monoisotopic (exact) mass is 287 g/mol. The van der Waals surface area contributed by atoms with Crippen molar-refractivity contribution in [3.8, 4) is 0 Å². The van der Waals surface area contributed by atoms with E-state index in [1.54, 1.807) is 0 Å². The summed E-state index contributed by atoms with van der Waals surface area (Å²) in [6.45, 7) is 5.07. The van der Waals surface area contributed by atoms with E-state index >= 15 is 0 Å². The molecular weight excluding hydrogens is 266 g/mol. The molecule has 4 heteroatoms. The van der Waals surface area contributed by atoms with Crippen molar-refractivity contribution in [1.82, 2.24) is 4.57 Å². The minimum atomic E-state index is 0.0263. The van der Waals surface area contributed by atoms with Gasteiger partial charge >= 0.3 is 0 Å². The van der Waals surface area contributed by atoms with Crippen LogP contribution in [0.4, 0.5) is 0 Å². The van der Waals surface area contributed by atoms with Gasteiger partial charge in [-0.1, -0.05) is 6.42 Å². The van der Waals surface area contributed by atoms with Crippen molar-refractivity contribution in [3.63, 3.8) is 0 Å². The van der Waals surface area contributed by atoms with Crippen molar-refractivity contribution in [3.05, 3.63) is 23.0 Å². The molecule has 0 aromatic carbocycles. The first-order chi connectivity index (χ1) is 8.61. The van der Waals surface area contributed by atoms with Crippen LogP contribution in [0.3, 0.4) is 0 Å². The Morgan fingerprint density at radius 1 is 1.33 bits per heavy atom. The fraction of sp³-hybridized carbons (Fsp3) is 0.643. The van der Waals surface area contributed by atoms with Gasteiger partial charge in [-0.25, -0.2) is 0 Å². The summed E-state index contributed by atoms with van der Waals surface area (Å²) >= 11 is 7.52. The second-order valence-corrected chi connectivity index (χ2v) is 5.80. The van der Waals surface area contributed by atoms with Crippen LogP contribution in [0, 0.1) is 13.8 Å². The van der Waals surface area contributed by atoms with E-state index < -0.39 is 0 Å². The quantitative estimate of drug-likeness (QED) is 0.409. The van der Waals surface area contributed by atoms with Crippen LogP contribution in [0.25, 0.3) is 0 Å². The molecule has 1 aromatic heterocycles. The van der Waals surface area contributed by atoms with Gasteiger partial charge in [-0.15, -0.1) is 11.6 Å². The molecule has 1 aromatic rings. The molecule has 18 heavy (non-hydrogen) atoms. The first kappa shape index (κ1) is 15.6. The van der Waals surface area contributed by atoms with Crippen molar-refractivity contribution in [1.29, 1.82) is 0 Å². The van der Waals surface area contributed by atoms with Crippen LogP contribution in [0.2, 0.25) is 0 Å². The average Bonchev–Trinajstić information content (AvgIpc) is 2.65. The van der Waals surface area contributed by atoms with Gasteiger partial charge in [-0.05, 0) is 44.8 Å². The smallest absolute Gasteiger partial charge is 0.179 e. The van der Waals surface area contributed by atoms with Gasteiger partial charge in [0.2, 0.25) is 0 Å². The fourth-order valence-electron chi connectivity index (χ4n) is 2.19. The first-order valence-electron chi connectivity index (χ1n) is 6.36. The van der Waals surface area contributed by atoms with E-state index in [9.17, 15) is 4.79 Å². The highest BCUT2D eigenvalue weighted by Gasteiger charge is 2.14. The first-order valence-corrected chi connectivity index (χ1v) is 8.29. The highest BCUT2D eigenvalue weighted by Crippen LogP contribution is 2.17. The van der Waals surface area contributed by atoms with Gasteiger partial charge in [0, 0.05) is 23.5 Å². The summed E-state index contributed by atoms with van der Waals surface area (Å²) in [5, 5.41) is 0. The molecule has 0 saturated carbocycles. The third kappa shape index (κ3) is 4.06. The molecule has 0 unspecified atom stereocenters. The Kier molecular flexibility index (Phi) is 6.87. The van der Waals surface area contributed by atoms with Crippen LogP contribution in [0.15, 0.2) is 6.07 Å². The second-order valence-electron chi connectivity index (χ2n) is 4.55. The number of alkyl halides is 1. The number of halogens is 1. The number of hydrogen-bond donors (Lipinski definition) is 0. The number of ketones is 1. The Morgan fingerprint density at radius 3 is 2.67 bits per heavy atom. The molecule has 0 bridgehead atoms. The zero-order valence-electron chi connectivity index (χ0n) is 11.5. The lowest BCUT2D eigenvalue weighted by molar-refractivity contribution is 0.102. The van der Waals surface area contributed by atoms with Gasteiger partial charge in [-0.2, -0.15) is 11.8 Å². The Morgan fingerprint density at radius 2 is 2.06 bits per heavy atom. The maximum atomic E-state index is 11.7. The minimum absolute atomic E-state index is 0.0263. The van der Waals surface area contributed by atoms with E-state index in [0.717, 1.165) is 23.5 Å². The van der Waals surface area contributed by atoms with Gasteiger partial charge < -0.3 is 4.57 Å². The lowest BCUT2D eigenvalue weighted by Crippen LogP contribution is -2.06. The van der Waals surface area contributed by atoms with E-state index in [0.29, 0.717) is 0 Å². The van der Waals surface area contributed by atoms with Crippen LogP contribution in [-0.4, -0.2) is 28.2 Å². The molecule has 0 N–H and O–H groups in total. The number of hydrogen-bond acceptors (Lipinski definition) is 2. The molecule has 0 spiro atoms. The minimum Gasteiger partial charge on any atom is -0.348 e. The van der Waals surface area contributed by atoms with E-state index in [1.807, 2.05) is 24.8 Å². The van der Waals surface area contributed by atoms with Crippen molar-refractivity contribution in [2.24, 2.45) is 0 Å². The molecule has 0 radical (unpaired) electrons. The van der Waals surface area contributed by atoms with Gasteiger partial charge in [0.25, 0.3) is 0 Å². The zero-order valence-corrected chi connectivity index (χ0v) is 13.0. The molecule has 0 aliphatic rings. The molecular formula is C14H22ClNOS. The molecule has 0 atom stereocenters.